The van der Waals surface area contributed by atoms with Crippen LogP contribution in [0.3, 0.4) is 0 Å². The molecule has 4 rings (SSSR count). The number of piperidine rings is 1. The van der Waals surface area contributed by atoms with Crippen LogP contribution in [-0.4, -0.2) is 61.9 Å². The smallest absolute Gasteiger partial charge is 0.233 e. The lowest BCUT2D eigenvalue weighted by molar-refractivity contribution is -0.187. The first kappa shape index (κ1) is 18.3. The third-order valence-electron chi connectivity index (χ3n) is 5.63. The average molecular weight is 373 g/mol. The van der Waals surface area contributed by atoms with Gasteiger partial charge in [-0.1, -0.05) is 0 Å². The zero-order valence-electron chi connectivity index (χ0n) is 15.6. The topological polar surface area (TPSA) is 71.1 Å². The van der Waals surface area contributed by atoms with Gasteiger partial charge in [-0.05, 0) is 37.1 Å². The number of carbonyl (C=O) groups excluding carboxylic acids is 2. The van der Waals surface area contributed by atoms with E-state index in [1.807, 2.05) is 24.3 Å². The van der Waals surface area contributed by atoms with E-state index in [0.717, 1.165) is 18.8 Å². The maximum atomic E-state index is 12.4. The summed E-state index contributed by atoms with van der Waals surface area (Å²) in [5.74, 6) is -0.924. The Kier molecular flexibility index (Phi) is 5.31. The Hall–Kier alpha value is -2.12. The largest absolute Gasteiger partial charge is 0.372 e. The minimum Gasteiger partial charge on any atom is -0.372 e. The number of nitrogens with zero attached hydrogens (tertiary/aromatic N) is 2. The molecule has 0 radical (unpaired) electrons. The Morgan fingerprint density at radius 1 is 0.963 bits per heavy atom. The lowest BCUT2D eigenvalue weighted by atomic mass is 10.0. The number of carbonyl (C=O) groups is 2. The molecule has 0 saturated carbocycles. The standard InChI is InChI=1S/C20H27N3O4/c24-18(21-16-3-5-17(6-4-16)22-9-1-2-10-22)15-19(25)23-11-7-20(8-12-23)26-13-14-27-20/h3-6H,1-2,7-15H2,(H,21,24). The van der Waals surface area contributed by atoms with Crippen LogP contribution in [0.15, 0.2) is 24.3 Å². The van der Waals surface area contributed by atoms with Crippen molar-refractivity contribution in [3.63, 3.8) is 0 Å². The lowest BCUT2D eigenvalue weighted by Crippen LogP contribution is -2.47. The SMILES string of the molecule is O=C(CC(=O)N1CCC2(CC1)OCCO2)Nc1ccc(N2CCCC2)cc1. The highest BCUT2D eigenvalue weighted by Crippen LogP contribution is 2.31. The monoisotopic (exact) mass is 373 g/mol. The van der Waals surface area contributed by atoms with Gasteiger partial charge in [-0.2, -0.15) is 0 Å². The maximum Gasteiger partial charge on any atom is 0.233 e. The minimum absolute atomic E-state index is 0.136. The Bertz CT molecular complexity index is 669. The first-order valence-electron chi connectivity index (χ1n) is 9.84. The summed E-state index contributed by atoms with van der Waals surface area (Å²) in [4.78, 5) is 28.7. The molecule has 7 nitrogen and oxygen atoms in total. The van der Waals surface area contributed by atoms with Crippen molar-refractivity contribution in [1.29, 1.82) is 0 Å². The molecule has 7 heteroatoms. The van der Waals surface area contributed by atoms with Crippen molar-refractivity contribution in [2.45, 2.75) is 37.9 Å². The number of rotatable bonds is 4. The molecule has 1 N–H and O–H groups in total. The number of amides is 2. The van der Waals surface area contributed by atoms with Crippen LogP contribution in [0.25, 0.3) is 0 Å². The number of hydrogen-bond donors (Lipinski definition) is 1. The number of hydrogen-bond acceptors (Lipinski definition) is 5. The molecular formula is C20H27N3O4. The molecule has 3 aliphatic heterocycles. The molecule has 2 amide bonds. The number of ether oxygens (including phenoxy) is 2. The van der Waals surface area contributed by atoms with Crippen molar-refractivity contribution in [3.05, 3.63) is 24.3 Å². The zero-order chi connectivity index (χ0) is 18.7. The van der Waals surface area contributed by atoms with Crippen LogP contribution >= 0.6 is 0 Å². The van der Waals surface area contributed by atoms with Crippen molar-refractivity contribution in [2.24, 2.45) is 0 Å². The van der Waals surface area contributed by atoms with E-state index in [1.165, 1.54) is 18.5 Å². The Morgan fingerprint density at radius 3 is 2.22 bits per heavy atom. The van der Waals surface area contributed by atoms with E-state index in [2.05, 4.69) is 10.2 Å². The number of nitrogens with one attached hydrogen (secondary N) is 1. The van der Waals surface area contributed by atoms with Crippen LogP contribution in [0.5, 0.6) is 0 Å². The van der Waals surface area contributed by atoms with E-state index in [4.69, 9.17) is 9.47 Å². The molecule has 3 fully saturated rings. The van der Waals surface area contributed by atoms with Crippen LogP contribution < -0.4 is 10.2 Å². The molecule has 0 unspecified atom stereocenters. The van der Waals surface area contributed by atoms with Crippen LogP contribution in [0, 0.1) is 0 Å². The number of likely N-dealkylation sites (tertiary alicyclic amines) is 1. The molecule has 3 aliphatic rings. The van der Waals surface area contributed by atoms with Crippen LogP contribution in [-0.2, 0) is 19.1 Å². The van der Waals surface area contributed by atoms with Gasteiger partial charge in [0.2, 0.25) is 11.8 Å². The van der Waals surface area contributed by atoms with Crippen LogP contribution in [0.4, 0.5) is 11.4 Å². The quantitative estimate of drug-likeness (QED) is 0.818. The van der Waals surface area contributed by atoms with Crippen molar-refractivity contribution in [2.75, 3.05) is 49.6 Å². The van der Waals surface area contributed by atoms with E-state index in [9.17, 15) is 9.59 Å². The van der Waals surface area contributed by atoms with E-state index in [1.54, 1.807) is 4.90 Å². The molecule has 3 saturated heterocycles. The van der Waals surface area contributed by atoms with Gasteiger partial charge in [0.1, 0.15) is 6.42 Å². The van der Waals surface area contributed by atoms with Gasteiger partial charge in [0.15, 0.2) is 5.79 Å². The van der Waals surface area contributed by atoms with Crippen molar-refractivity contribution >= 4 is 23.2 Å². The first-order valence-corrected chi connectivity index (χ1v) is 9.84. The predicted molar refractivity (Wildman–Crippen MR) is 102 cm³/mol. The number of benzene rings is 1. The van der Waals surface area contributed by atoms with Gasteiger partial charge in [-0.25, -0.2) is 0 Å². The molecule has 0 bridgehead atoms. The molecule has 27 heavy (non-hydrogen) atoms. The van der Waals surface area contributed by atoms with Gasteiger partial charge < -0.3 is 24.6 Å². The second kappa shape index (κ2) is 7.86. The van der Waals surface area contributed by atoms with Gasteiger partial charge in [0.05, 0.1) is 13.2 Å². The molecule has 146 valence electrons. The first-order chi connectivity index (χ1) is 13.1. The van der Waals surface area contributed by atoms with Gasteiger partial charge >= 0.3 is 0 Å². The fraction of sp³-hybridized carbons (Fsp3) is 0.600. The third-order valence-corrected chi connectivity index (χ3v) is 5.63. The highest BCUT2D eigenvalue weighted by Gasteiger charge is 2.40. The van der Waals surface area contributed by atoms with E-state index in [0.29, 0.717) is 39.1 Å². The summed E-state index contributed by atoms with van der Waals surface area (Å²) in [6.45, 7) is 4.55. The zero-order valence-corrected chi connectivity index (χ0v) is 15.6. The van der Waals surface area contributed by atoms with Crippen LogP contribution in [0.1, 0.15) is 32.1 Å². The summed E-state index contributed by atoms with van der Waals surface area (Å²) in [6, 6.07) is 7.84. The van der Waals surface area contributed by atoms with E-state index in [-0.39, 0.29) is 18.2 Å². The average Bonchev–Trinajstić information content (AvgIpc) is 3.35. The molecule has 0 aromatic heterocycles. The van der Waals surface area contributed by atoms with Gasteiger partial charge in [0, 0.05) is 50.4 Å². The van der Waals surface area contributed by atoms with E-state index < -0.39 is 5.79 Å². The predicted octanol–water partition coefficient (Wildman–Crippen LogP) is 1.98. The molecule has 1 aromatic rings. The maximum absolute atomic E-state index is 12.4. The van der Waals surface area contributed by atoms with E-state index >= 15 is 0 Å². The summed E-state index contributed by atoms with van der Waals surface area (Å²) in [7, 11) is 0. The molecular weight excluding hydrogens is 346 g/mol. The summed E-state index contributed by atoms with van der Waals surface area (Å²) in [6.07, 6.45) is 3.66. The summed E-state index contributed by atoms with van der Waals surface area (Å²) in [5, 5.41) is 2.82. The summed E-state index contributed by atoms with van der Waals surface area (Å²) < 4.78 is 11.3. The Labute approximate surface area is 159 Å². The van der Waals surface area contributed by atoms with Gasteiger partial charge in [-0.15, -0.1) is 0 Å². The number of anilines is 2. The van der Waals surface area contributed by atoms with Gasteiger partial charge in [0.25, 0.3) is 0 Å². The second-order valence-corrected chi connectivity index (χ2v) is 7.45. The minimum atomic E-state index is -0.504. The van der Waals surface area contributed by atoms with Gasteiger partial charge in [-0.3, -0.25) is 9.59 Å². The normalized spacial score (nSPS) is 21.6. The summed E-state index contributed by atoms with van der Waals surface area (Å²) in [5.41, 5.74) is 1.90. The molecule has 1 aromatic carbocycles. The highest BCUT2D eigenvalue weighted by atomic mass is 16.7. The Balaban J connectivity index is 1.24. The lowest BCUT2D eigenvalue weighted by Gasteiger charge is -2.37. The Morgan fingerprint density at radius 2 is 1.59 bits per heavy atom. The fourth-order valence-electron chi connectivity index (χ4n) is 4.07. The van der Waals surface area contributed by atoms with Crippen LogP contribution in [0.2, 0.25) is 0 Å². The van der Waals surface area contributed by atoms with Crippen molar-refractivity contribution < 1.29 is 19.1 Å². The highest BCUT2D eigenvalue weighted by molar-refractivity contribution is 6.03. The summed E-state index contributed by atoms with van der Waals surface area (Å²) >= 11 is 0. The third kappa shape index (κ3) is 4.25. The molecule has 0 aliphatic carbocycles. The molecule has 0 atom stereocenters. The fourth-order valence-corrected chi connectivity index (χ4v) is 4.07. The van der Waals surface area contributed by atoms with Crippen molar-refractivity contribution in [3.8, 4) is 0 Å². The molecule has 1 spiro atoms. The molecule has 3 heterocycles. The van der Waals surface area contributed by atoms with Crippen molar-refractivity contribution in [1.82, 2.24) is 4.90 Å². The second-order valence-electron chi connectivity index (χ2n) is 7.45.